The van der Waals surface area contributed by atoms with Gasteiger partial charge < -0.3 is 5.11 Å². The highest BCUT2D eigenvalue weighted by Gasteiger charge is 2.37. The van der Waals surface area contributed by atoms with Crippen LogP contribution in [0.3, 0.4) is 0 Å². The van der Waals surface area contributed by atoms with E-state index >= 15 is 0 Å². The van der Waals surface area contributed by atoms with Gasteiger partial charge in [0.1, 0.15) is 5.60 Å². The minimum Gasteiger partial charge on any atom is -0.381 e. The first-order valence-electron chi connectivity index (χ1n) is 3.50. The van der Waals surface area contributed by atoms with Crippen molar-refractivity contribution >= 4 is 16.9 Å². The lowest BCUT2D eigenvalue weighted by molar-refractivity contribution is -0.127. The molecule has 0 atom stereocenters. The summed E-state index contributed by atoms with van der Waals surface area (Å²) >= 11 is 1.13. The highest BCUT2D eigenvalue weighted by Crippen LogP contribution is 2.32. The van der Waals surface area contributed by atoms with Crippen LogP contribution in [0.25, 0.3) is 0 Å². The van der Waals surface area contributed by atoms with Crippen LogP contribution >= 0.6 is 11.8 Å². The number of hydrogen-bond donors (Lipinski definition) is 1. The maximum Gasteiger partial charge on any atom is 0.220 e. The molecule has 1 N–H and O–H groups in total. The molecule has 1 saturated carbocycles. The van der Waals surface area contributed by atoms with Gasteiger partial charge >= 0.3 is 0 Å². The van der Waals surface area contributed by atoms with Crippen LogP contribution in [0.4, 0.5) is 0 Å². The zero-order valence-electron chi connectivity index (χ0n) is 6.09. The third kappa shape index (κ3) is 1.35. The molecule has 0 unspecified atom stereocenters. The average Bonchev–Trinajstić information content (AvgIpc) is 2.36. The lowest BCUT2D eigenvalue weighted by Gasteiger charge is -2.17. The minimum atomic E-state index is -0.973. The van der Waals surface area contributed by atoms with E-state index in [0.717, 1.165) is 24.6 Å². The average molecular weight is 160 g/mol. The topological polar surface area (TPSA) is 37.3 Å². The Morgan fingerprint density at radius 3 is 2.40 bits per heavy atom. The molecule has 1 aliphatic rings. The normalized spacial score (nSPS) is 23.0. The lowest BCUT2D eigenvalue weighted by Crippen LogP contribution is -2.32. The molecule has 0 aromatic rings. The van der Waals surface area contributed by atoms with E-state index in [9.17, 15) is 9.90 Å². The molecule has 10 heavy (non-hydrogen) atoms. The van der Waals surface area contributed by atoms with Crippen molar-refractivity contribution < 1.29 is 9.90 Å². The van der Waals surface area contributed by atoms with Gasteiger partial charge in [-0.25, -0.2) is 0 Å². The van der Waals surface area contributed by atoms with Crippen molar-refractivity contribution in [2.24, 2.45) is 0 Å². The van der Waals surface area contributed by atoms with Crippen LogP contribution in [0.15, 0.2) is 0 Å². The maximum absolute atomic E-state index is 11.0. The molecule has 0 bridgehead atoms. The molecule has 1 fully saturated rings. The van der Waals surface area contributed by atoms with Crippen LogP contribution in [0, 0.1) is 0 Å². The third-order valence-electron chi connectivity index (χ3n) is 2.00. The van der Waals surface area contributed by atoms with Gasteiger partial charge in [-0.3, -0.25) is 4.79 Å². The Balaban J connectivity index is 2.58. The molecule has 2 nitrogen and oxygen atoms in total. The Hall–Kier alpha value is -0.0200. The van der Waals surface area contributed by atoms with E-state index in [1.54, 1.807) is 6.26 Å². The summed E-state index contributed by atoms with van der Waals surface area (Å²) in [7, 11) is 0. The Morgan fingerprint density at radius 1 is 1.50 bits per heavy atom. The van der Waals surface area contributed by atoms with E-state index in [1.165, 1.54) is 0 Å². The van der Waals surface area contributed by atoms with Crippen molar-refractivity contribution in [2.45, 2.75) is 31.3 Å². The fourth-order valence-electron chi connectivity index (χ4n) is 1.35. The second-order valence-electron chi connectivity index (χ2n) is 2.73. The largest absolute Gasteiger partial charge is 0.381 e. The van der Waals surface area contributed by atoms with Crippen LogP contribution in [0.2, 0.25) is 0 Å². The molecule has 1 aliphatic carbocycles. The van der Waals surface area contributed by atoms with Gasteiger partial charge in [-0.1, -0.05) is 11.8 Å². The monoisotopic (exact) mass is 160 g/mol. The summed E-state index contributed by atoms with van der Waals surface area (Å²) in [6, 6.07) is 0. The Kier molecular flexibility index (Phi) is 2.36. The van der Waals surface area contributed by atoms with Crippen LogP contribution in [-0.4, -0.2) is 22.1 Å². The summed E-state index contributed by atoms with van der Waals surface area (Å²) in [5.41, 5.74) is -0.973. The molecule has 0 aliphatic heterocycles. The van der Waals surface area contributed by atoms with E-state index in [4.69, 9.17) is 0 Å². The van der Waals surface area contributed by atoms with Gasteiger partial charge in [0.25, 0.3) is 0 Å². The van der Waals surface area contributed by atoms with Crippen molar-refractivity contribution in [1.29, 1.82) is 0 Å². The van der Waals surface area contributed by atoms with Gasteiger partial charge in [-0.15, -0.1) is 0 Å². The molecule has 0 amide bonds. The van der Waals surface area contributed by atoms with Crippen molar-refractivity contribution in [1.82, 2.24) is 0 Å². The van der Waals surface area contributed by atoms with E-state index in [0.29, 0.717) is 12.8 Å². The van der Waals surface area contributed by atoms with Gasteiger partial charge in [0.15, 0.2) is 0 Å². The second kappa shape index (κ2) is 2.93. The summed E-state index contributed by atoms with van der Waals surface area (Å²) in [4.78, 5) is 11.0. The summed E-state index contributed by atoms with van der Waals surface area (Å²) in [6.07, 6.45) is 5.02. The molecule has 0 spiro atoms. The van der Waals surface area contributed by atoms with Gasteiger partial charge in [0, 0.05) is 0 Å². The molecule has 0 aromatic heterocycles. The molecule has 58 valence electrons. The third-order valence-corrected chi connectivity index (χ3v) is 2.75. The van der Waals surface area contributed by atoms with Gasteiger partial charge in [-0.2, -0.15) is 0 Å². The van der Waals surface area contributed by atoms with Crippen LogP contribution in [-0.2, 0) is 4.79 Å². The first kappa shape index (κ1) is 8.08. The van der Waals surface area contributed by atoms with E-state index in [1.807, 2.05) is 0 Å². The standard InChI is InChI=1S/C7H12O2S/c1-10-6(8)7(9)4-2-3-5-7/h9H,2-5H2,1H3. The van der Waals surface area contributed by atoms with Gasteiger partial charge in [0.05, 0.1) is 0 Å². The molecule has 1 rings (SSSR count). The Morgan fingerprint density at radius 2 is 2.00 bits per heavy atom. The predicted molar refractivity (Wildman–Crippen MR) is 41.9 cm³/mol. The van der Waals surface area contributed by atoms with Crippen LogP contribution in [0.5, 0.6) is 0 Å². The first-order chi connectivity index (χ1) is 4.69. The minimum absolute atomic E-state index is 0.0648. The summed E-state index contributed by atoms with van der Waals surface area (Å²) in [6.45, 7) is 0. The quantitative estimate of drug-likeness (QED) is 0.626. The van der Waals surface area contributed by atoms with E-state index in [2.05, 4.69) is 0 Å². The van der Waals surface area contributed by atoms with Crippen molar-refractivity contribution in [3.8, 4) is 0 Å². The number of aliphatic hydroxyl groups is 1. The predicted octanol–water partition coefficient (Wildman–Crippen LogP) is 1.18. The molecular formula is C7H12O2S. The first-order valence-corrected chi connectivity index (χ1v) is 4.72. The van der Waals surface area contributed by atoms with Gasteiger partial charge in [-0.05, 0) is 31.9 Å². The number of carbonyl (C=O) groups is 1. The SMILES string of the molecule is CSC(=O)C1(O)CCCC1. The van der Waals surface area contributed by atoms with E-state index < -0.39 is 5.60 Å². The van der Waals surface area contributed by atoms with Gasteiger partial charge in [0.2, 0.25) is 5.12 Å². The maximum atomic E-state index is 11.0. The zero-order valence-corrected chi connectivity index (χ0v) is 6.91. The van der Waals surface area contributed by atoms with Crippen molar-refractivity contribution in [3.63, 3.8) is 0 Å². The highest BCUT2D eigenvalue weighted by atomic mass is 32.2. The lowest BCUT2D eigenvalue weighted by atomic mass is 10.1. The molecule has 0 aromatic carbocycles. The molecule has 3 heteroatoms. The Bertz CT molecular complexity index is 139. The molecule has 0 saturated heterocycles. The molecule has 0 radical (unpaired) electrons. The summed E-state index contributed by atoms with van der Waals surface area (Å²) in [5.74, 6) is 0. The van der Waals surface area contributed by atoms with E-state index in [-0.39, 0.29) is 5.12 Å². The molecular weight excluding hydrogens is 148 g/mol. The Labute approximate surface area is 65.0 Å². The zero-order chi connectivity index (χ0) is 7.61. The smallest absolute Gasteiger partial charge is 0.220 e. The number of rotatable bonds is 1. The van der Waals surface area contributed by atoms with Crippen LogP contribution in [0.1, 0.15) is 25.7 Å². The van der Waals surface area contributed by atoms with Crippen LogP contribution < -0.4 is 0 Å². The fraction of sp³-hybridized carbons (Fsp3) is 0.857. The molecule has 0 heterocycles. The summed E-state index contributed by atoms with van der Waals surface area (Å²) < 4.78 is 0. The van der Waals surface area contributed by atoms with Crippen molar-refractivity contribution in [3.05, 3.63) is 0 Å². The number of thioether (sulfide) groups is 1. The number of hydrogen-bond acceptors (Lipinski definition) is 3. The summed E-state index contributed by atoms with van der Waals surface area (Å²) in [5, 5.41) is 9.52. The number of carbonyl (C=O) groups excluding carboxylic acids is 1. The second-order valence-corrected chi connectivity index (χ2v) is 3.51. The fourth-order valence-corrected chi connectivity index (χ4v) is 1.94. The highest BCUT2D eigenvalue weighted by molar-refractivity contribution is 8.13. The van der Waals surface area contributed by atoms with Crippen molar-refractivity contribution in [2.75, 3.05) is 6.26 Å².